The van der Waals surface area contributed by atoms with Crippen molar-refractivity contribution in [2.45, 2.75) is 13.5 Å². The Bertz CT molecular complexity index is 324. The van der Waals surface area contributed by atoms with Gasteiger partial charge in [-0.05, 0) is 23.8 Å². The van der Waals surface area contributed by atoms with Crippen LogP contribution >= 0.6 is 0 Å². The molecule has 0 aromatic heterocycles. The zero-order valence-electron chi connectivity index (χ0n) is 9.44. The summed E-state index contributed by atoms with van der Waals surface area (Å²) >= 11 is 0. The molecular weight excluding hydrogens is 206 g/mol. The largest absolute Gasteiger partial charge is 0.493 e. The van der Waals surface area contributed by atoms with Gasteiger partial charge in [-0.1, -0.05) is 13.0 Å². The van der Waals surface area contributed by atoms with Crippen LogP contribution in [0.4, 0.5) is 0 Å². The normalized spacial score (nSPS) is 11.5. The van der Waals surface area contributed by atoms with Gasteiger partial charge in [-0.2, -0.15) is 0 Å². The summed E-state index contributed by atoms with van der Waals surface area (Å²) < 4.78 is 5.50. The van der Waals surface area contributed by atoms with E-state index in [2.05, 4.69) is 6.07 Å². The van der Waals surface area contributed by atoms with E-state index in [0.717, 1.165) is 5.56 Å². The van der Waals surface area contributed by atoms with Crippen molar-refractivity contribution in [2.75, 3.05) is 19.8 Å². The number of hydrogen-bond acceptors (Lipinski definition) is 4. The number of nitrogens with two attached hydrogens (primary N) is 1. The van der Waals surface area contributed by atoms with Crippen LogP contribution in [0.5, 0.6) is 5.75 Å². The van der Waals surface area contributed by atoms with E-state index in [1.807, 2.05) is 0 Å². The van der Waals surface area contributed by atoms with Crippen molar-refractivity contribution < 1.29 is 14.9 Å². The number of aliphatic hydroxyl groups is 2. The average molecular weight is 224 g/mol. The smallest absolute Gasteiger partial charge is 0.119 e. The molecule has 0 unspecified atom stereocenters. The van der Waals surface area contributed by atoms with Crippen LogP contribution in [0.25, 0.3) is 0 Å². The molecular formula is C12H18NO3. The molecule has 4 nitrogen and oxygen atoms in total. The highest BCUT2D eigenvalue weighted by atomic mass is 16.5. The van der Waals surface area contributed by atoms with Gasteiger partial charge in [-0.3, -0.25) is 0 Å². The van der Waals surface area contributed by atoms with E-state index in [0.29, 0.717) is 12.3 Å². The number of ether oxygens (including phenoxy) is 1. The Morgan fingerprint density at radius 2 is 2.12 bits per heavy atom. The molecule has 0 amide bonds. The Morgan fingerprint density at radius 1 is 1.44 bits per heavy atom. The minimum Gasteiger partial charge on any atom is -0.493 e. The highest BCUT2D eigenvalue weighted by Crippen LogP contribution is 2.18. The highest BCUT2D eigenvalue weighted by molar-refractivity contribution is 5.27. The highest BCUT2D eigenvalue weighted by Gasteiger charge is 2.23. The van der Waals surface area contributed by atoms with E-state index in [-0.39, 0.29) is 19.8 Å². The summed E-state index contributed by atoms with van der Waals surface area (Å²) in [7, 11) is 0. The first-order chi connectivity index (χ1) is 7.63. The Morgan fingerprint density at radius 3 is 2.69 bits per heavy atom. The third kappa shape index (κ3) is 3.48. The van der Waals surface area contributed by atoms with Crippen molar-refractivity contribution in [1.82, 2.24) is 0 Å². The van der Waals surface area contributed by atoms with Crippen LogP contribution < -0.4 is 10.5 Å². The van der Waals surface area contributed by atoms with Crippen LogP contribution in [0, 0.1) is 11.5 Å². The molecule has 0 atom stereocenters. The molecule has 0 saturated heterocycles. The number of rotatable bonds is 6. The maximum atomic E-state index is 9.10. The van der Waals surface area contributed by atoms with Crippen molar-refractivity contribution in [2.24, 2.45) is 11.1 Å². The lowest BCUT2D eigenvalue weighted by Gasteiger charge is -2.24. The molecule has 0 aliphatic rings. The van der Waals surface area contributed by atoms with Gasteiger partial charge in [0.2, 0.25) is 0 Å². The van der Waals surface area contributed by atoms with Gasteiger partial charge in [0.15, 0.2) is 0 Å². The van der Waals surface area contributed by atoms with E-state index in [4.69, 9.17) is 20.7 Å². The van der Waals surface area contributed by atoms with E-state index in [1.54, 1.807) is 25.1 Å². The molecule has 0 spiro atoms. The van der Waals surface area contributed by atoms with Gasteiger partial charge in [0.25, 0.3) is 0 Å². The van der Waals surface area contributed by atoms with Crippen LogP contribution in [0.1, 0.15) is 12.5 Å². The molecule has 89 valence electrons. The van der Waals surface area contributed by atoms with Gasteiger partial charge < -0.3 is 20.7 Å². The summed E-state index contributed by atoms with van der Waals surface area (Å²) in [4.78, 5) is 0. The lowest BCUT2D eigenvalue weighted by Crippen LogP contribution is -2.33. The quantitative estimate of drug-likeness (QED) is 0.650. The van der Waals surface area contributed by atoms with Crippen LogP contribution in [0.2, 0.25) is 0 Å². The van der Waals surface area contributed by atoms with Crippen molar-refractivity contribution in [1.29, 1.82) is 0 Å². The maximum Gasteiger partial charge on any atom is 0.119 e. The molecule has 0 aliphatic carbocycles. The van der Waals surface area contributed by atoms with Crippen molar-refractivity contribution in [3.8, 4) is 5.75 Å². The van der Waals surface area contributed by atoms with Gasteiger partial charge in [0, 0.05) is 12.0 Å². The second-order valence-corrected chi connectivity index (χ2v) is 4.17. The molecule has 0 heterocycles. The van der Waals surface area contributed by atoms with Gasteiger partial charge in [-0.25, -0.2) is 0 Å². The van der Waals surface area contributed by atoms with Gasteiger partial charge in [0.05, 0.1) is 19.8 Å². The minimum atomic E-state index is -0.623. The number of hydrogen-bond donors (Lipinski definition) is 3. The second-order valence-electron chi connectivity index (χ2n) is 4.17. The van der Waals surface area contributed by atoms with E-state index >= 15 is 0 Å². The first-order valence-electron chi connectivity index (χ1n) is 5.19. The van der Waals surface area contributed by atoms with Crippen molar-refractivity contribution >= 4 is 0 Å². The molecule has 0 fully saturated rings. The van der Waals surface area contributed by atoms with Crippen molar-refractivity contribution in [3.63, 3.8) is 0 Å². The van der Waals surface area contributed by atoms with Crippen LogP contribution in [0.15, 0.2) is 18.2 Å². The van der Waals surface area contributed by atoms with Gasteiger partial charge in [-0.15, -0.1) is 0 Å². The second kappa shape index (κ2) is 5.84. The Labute approximate surface area is 95.7 Å². The van der Waals surface area contributed by atoms with Crippen LogP contribution in [0.3, 0.4) is 0 Å². The molecule has 4 heteroatoms. The summed E-state index contributed by atoms with van der Waals surface area (Å²) in [6.07, 6.45) is 0. The minimum absolute atomic E-state index is 0.119. The molecule has 1 rings (SSSR count). The maximum absolute atomic E-state index is 9.10. The predicted molar refractivity (Wildman–Crippen MR) is 60.9 cm³/mol. The van der Waals surface area contributed by atoms with Crippen LogP contribution in [-0.2, 0) is 6.54 Å². The fraction of sp³-hybridized carbons (Fsp3) is 0.500. The van der Waals surface area contributed by atoms with Gasteiger partial charge >= 0.3 is 0 Å². The predicted octanol–water partition coefficient (Wildman–Crippen LogP) is 0.315. The Kier molecular flexibility index (Phi) is 4.73. The number of aliphatic hydroxyl groups excluding tert-OH is 2. The van der Waals surface area contributed by atoms with E-state index in [9.17, 15) is 0 Å². The molecule has 4 N–H and O–H groups in total. The fourth-order valence-corrected chi connectivity index (χ4v) is 1.10. The molecule has 0 aliphatic heterocycles. The zero-order chi connectivity index (χ0) is 12.0. The average Bonchev–Trinajstić information content (AvgIpc) is 2.36. The first kappa shape index (κ1) is 13.0. The first-order valence-corrected chi connectivity index (χ1v) is 5.19. The summed E-state index contributed by atoms with van der Waals surface area (Å²) in [5.41, 5.74) is 5.73. The van der Waals surface area contributed by atoms with Crippen LogP contribution in [-0.4, -0.2) is 30.0 Å². The lowest BCUT2D eigenvalue weighted by molar-refractivity contribution is 0.0287. The molecule has 0 bridgehead atoms. The monoisotopic (exact) mass is 224 g/mol. The standard InChI is InChI=1S/C12H18NO3/c1-12(7-14,8-15)9-16-11-4-2-3-10(5-11)6-13/h2,4-5,14-15H,6-9,13H2,1H3. The van der Waals surface area contributed by atoms with Crippen molar-refractivity contribution in [3.05, 3.63) is 29.8 Å². The molecule has 0 saturated carbocycles. The molecule has 16 heavy (non-hydrogen) atoms. The topological polar surface area (TPSA) is 75.7 Å². The Balaban J connectivity index is 2.60. The third-order valence-electron chi connectivity index (χ3n) is 2.40. The van der Waals surface area contributed by atoms with E-state index < -0.39 is 5.41 Å². The third-order valence-corrected chi connectivity index (χ3v) is 2.40. The van der Waals surface area contributed by atoms with E-state index in [1.165, 1.54) is 0 Å². The SMILES string of the molecule is CC(CO)(CO)COc1cc[c]c(CN)c1. The zero-order valence-corrected chi connectivity index (χ0v) is 9.44. The summed E-state index contributed by atoms with van der Waals surface area (Å²) in [5.74, 6) is 0.673. The summed E-state index contributed by atoms with van der Waals surface area (Å²) in [6, 6.07) is 8.30. The molecule has 1 aromatic carbocycles. The summed E-state index contributed by atoms with van der Waals surface area (Å²) in [5, 5.41) is 18.2. The summed E-state index contributed by atoms with van der Waals surface area (Å²) in [6.45, 7) is 2.19. The fourth-order valence-electron chi connectivity index (χ4n) is 1.10. The number of benzene rings is 1. The lowest BCUT2D eigenvalue weighted by atomic mass is 9.94. The molecule has 1 radical (unpaired) electrons. The van der Waals surface area contributed by atoms with Gasteiger partial charge in [0.1, 0.15) is 5.75 Å². The molecule has 1 aromatic rings. The Hall–Kier alpha value is -1.10.